The van der Waals surface area contributed by atoms with Gasteiger partial charge in [0.15, 0.2) is 0 Å². The lowest BCUT2D eigenvalue weighted by molar-refractivity contribution is -0.00887. The minimum Gasteiger partial charge on any atom is -0.330 e. The molecule has 0 spiro atoms. The number of nitrogens with two attached hydrogens (primary N) is 1. The van der Waals surface area contributed by atoms with Gasteiger partial charge in [-0.1, -0.05) is 0 Å². The molecule has 4 saturated carbocycles. The van der Waals surface area contributed by atoms with Gasteiger partial charge in [0.05, 0.1) is 5.69 Å². The Morgan fingerprint density at radius 3 is 2.32 bits per heavy atom. The van der Waals surface area contributed by atoms with Crippen LogP contribution in [0.1, 0.15) is 49.9 Å². The van der Waals surface area contributed by atoms with E-state index in [1.165, 1.54) is 49.9 Å². The van der Waals surface area contributed by atoms with Crippen LogP contribution in [0.15, 0.2) is 6.07 Å². The Kier molecular flexibility index (Phi) is 2.57. The van der Waals surface area contributed by atoms with Crippen LogP contribution in [0.3, 0.4) is 0 Å². The van der Waals surface area contributed by atoms with Gasteiger partial charge in [0.2, 0.25) is 0 Å². The Bertz CT molecular complexity index is 453. The summed E-state index contributed by atoms with van der Waals surface area (Å²) >= 11 is 0. The second-order valence-electron chi connectivity index (χ2n) is 7.38. The number of aryl methyl sites for hydroxylation is 1. The lowest BCUT2D eigenvalue weighted by atomic mass is 9.49. The van der Waals surface area contributed by atoms with Gasteiger partial charge in [-0.05, 0) is 68.9 Å². The summed E-state index contributed by atoms with van der Waals surface area (Å²) in [6, 6.07) is 2.36. The molecule has 0 aromatic carbocycles. The van der Waals surface area contributed by atoms with E-state index in [4.69, 9.17) is 10.8 Å². The van der Waals surface area contributed by atoms with Crippen LogP contribution in [0.25, 0.3) is 0 Å². The van der Waals surface area contributed by atoms with Gasteiger partial charge >= 0.3 is 0 Å². The number of rotatable bonds is 3. The van der Waals surface area contributed by atoms with Gasteiger partial charge in [0.1, 0.15) is 0 Å². The molecule has 19 heavy (non-hydrogen) atoms. The number of hydrogen-bond donors (Lipinski definition) is 1. The van der Waals surface area contributed by atoms with Crippen LogP contribution < -0.4 is 5.73 Å². The molecule has 1 aromatic rings. The average Bonchev–Trinajstić information content (AvgIpc) is 2.70. The van der Waals surface area contributed by atoms with E-state index in [0.717, 1.165) is 24.2 Å². The van der Waals surface area contributed by atoms with Crippen molar-refractivity contribution in [2.75, 3.05) is 6.54 Å². The first kappa shape index (κ1) is 12.0. The molecule has 0 radical (unpaired) electrons. The summed E-state index contributed by atoms with van der Waals surface area (Å²) in [5, 5.41) is 4.69. The van der Waals surface area contributed by atoms with E-state index in [1.807, 2.05) is 0 Å². The third kappa shape index (κ3) is 1.78. The zero-order valence-electron chi connectivity index (χ0n) is 11.9. The maximum absolute atomic E-state index is 5.68. The Morgan fingerprint density at radius 2 is 1.79 bits per heavy atom. The average molecular weight is 259 g/mol. The van der Waals surface area contributed by atoms with Crippen LogP contribution in [0.2, 0.25) is 0 Å². The Labute approximate surface area is 115 Å². The fourth-order valence-electron chi connectivity index (χ4n) is 5.72. The molecule has 0 atom stereocenters. The van der Waals surface area contributed by atoms with E-state index in [0.29, 0.717) is 12.0 Å². The predicted octanol–water partition coefficient (Wildman–Crippen LogP) is 2.39. The van der Waals surface area contributed by atoms with Gasteiger partial charge in [-0.2, -0.15) is 5.10 Å². The van der Waals surface area contributed by atoms with Crippen molar-refractivity contribution in [2.24, 2.45) is 30.5 Å². The lowest BCUT2D eigenvalue weighted by Crippen LogP contribution is -2.49. The molecule has 1 aromatic heterocycles. The van der Waals surface area contributed by atoms with E-state index in [2.05, 4.69) is 17.8 Å². The second-order valence-corrected chi connectivity index (χ2v) is 7.38. The van der Waals surface area contributed by atoms with Crippen molar-refractivity contribution in [1.82, 2.24) is 9.78 Å². The van der Waals surface area contributed by atoms with E-state index in [1.54, 1.807) is 0 Å². The first-order chi connectivity index (χ1) is 9.18. The molecular weight excluding hydrogens is 234 g/mol. The molecule has 3 nitrogen and oxygen atoms in total. The van der Waals surface area contributed by atoms with Crippen LogP contribution in [0.4, 0.5) is 0 Å². The topological polar surface area (TPSA) is 43.8 Å². The minimum absolute atomic E-state index is 0.462. The molecule has 3 heteroatoms. The van der Waals surface area contributed by atoms with Crippen LogP contribution in [0.5, 0.6) is 0 Å². The van der Waals surface area contributed by atoms with Gasteiger partial charge in [-0.3, -0.25) is 4.68 Å². The monoisotopic (exact) mass is 259 g/mol. The summed E-state index contributed by atoms with van der Waals surface area (Å²) in [4.78, 5) is 0. The molecule has 104 valence electrons. The first-order valence-electron chi connectivity index (χ1n) is 7.92. The van der Waals surface area contributed by atoms with Crippen molar-refractivity contribution in [1.29, 1.82) is 0 Å². The number of hydrogen-bond acceptors (Lipinski definition) is 2. The smallest absolute Gasteiger partial charge is 0.0640 e. The summed E-state index contributed by atoms with van der Waals surface area (Å²) in [5.74, 6) is 3.00. The van der Waals surface area contributed by atoms with Crippen LogP contribution in [-0.2, 0) is 18.9 Å². The Balaban J connectivity index is 1.71. The highest BCUT2D eigenvalue weighted by molar-refractivity contribution is 5.25. The molecule has 0 saturated heterocycles. The standard InChI is InChI=1S/C16H25N3/c1-19-15(7-14(18-19)2-3-17)16-8-11-4-12(9-16)6-13(5-11)10-16/h7,11-13H,2-6,8-10,17H2,1H3. The van der Waals surface area contributed by atoms with E-state index in [-0.39, 0.29) is 0 Å². The van der Waals surface area contributed by atoms with Crippen molar-refractivity contribution in [3.05, 3.63) is 17.5 Å². The van der Waals surface area contributed by atoms with Crippen LogP contribution in [0, 0.1) is 17.8 Å². The minimum atomic E-state index is 0.462. The summed E-state index contributed by atoms with van der Waals surface area (Å²) in [6.07, 6.45) is 9.69. The molecule has 0 aliphatic heterocycles. The van der Waals surface area contributed by atoms with Gasteiger partial charge < -0.3 is 5.73 Å². The van der Waals surface area contributed by atoms with Crippen LogP contribution in [-0.4, -0.2) is 16.3 Å². The van der Waals surface area contributed by atoms with Gasteiger partial charge in [-0.25, -0.2) is 0 Å². The molecule has 2 N–H and O–H groups in total. The fraction of sp³-hybridized carbons (Fsp3) is 0.812. The fourth-order valence-corrected chi connectivity index (χ4v) is 5.72. The number of nitrogens with zero attached hydrogens (tertiary/aromatic N) is 2. The van der Waals surface area contributed by atoms with Crippen molar-refractivity contribution in [2.45, 2.75) is 50.4 Å². The van der Waals surface area contributed by atoms with E-state index >= 15 is 0 Å². The highest BCUT2D eigenvalue weighted by atomic mass is 15.3. The summed E-state index contributed by atoms with van der Waals surface area (Å²) < 4.78 is 2.16. The normalized spacial score (nSPS) is 40.0. The van der Waals surface area contributed by atoms with Crippen molar-refractivity contribution in [3.8, 4) is 0 Å². The molecule has 1 heterocycles. The first-order valence-corrected chi connectivity index (χ1v) is 7.92. The highest BCUT2D eigenvalue weighted by Crippen LogP contribution is 2.60. The SMILES string of the molecule is Cn1nc(CCN)cc1C12CC3CC(CC(C3)C1)C2. The summed E-state index contributed by atoms with van der Waals surface area (Å²) in [6.45, 7) is 0.706. The molecule has 5 rings (SSSR count). The molecule has 4 bridgehead atoms. The Hall–Kier alpha value is -0.830. The highest BCUT2D eigenvalue weighted by Gasteiger charge is 2.52. The summed E-state index contributed by atoms with van der Waals surface area (Å²) in [5.41, 5.74) is 8.84. The third-order valence-electron chi connectivity index (χ3n) is 5.91. The van der Waals surface area contributed by atoms with Crippen molar-refractivity contribution < 1.29 is 0 Å². The molecular formula is C16H25N3. The predicted molar refractivity (Wildman–Crippen MR) is 75.8 cm³/mol. The van der Waals surface area contributed by atoms with Gasteiger partial charge in [0, 0.05) is 24.6 Å². The maximum Gasteiger partial charge on any atom is 0.0640 e. The van der Waals surface area contributed by atoms with Gasteiger partial charge in [0.25, 0.3) is 0 Å². The van der Waals surface area contributed by atoms with Gasteiger partial charge in [-0.15, -0.1) is 0 Å². The van der Waals surface area contributed by atoms with Crippen LogP contribution >= 0.6 is 0 Å². The van der Waals surface area contributed by atoms with E-state index in [9.17, 15) is 0 Å². The second kappa shape index (κ2) is 4.08. The molecule has 4 aliphatic rings. The lowest BCUT2D eigenvalue weighted by Gasteiger charge is -2.56. The zero-order valence-corrected chi connectivity index (χ0v) is 11.9. The number of aromatic nitrogens is 2. The largest absolute Gasteiger partial charge is 0.330 e. The quantitative estimate of drug-likeness (QED) is 0.906. The molecule has 0 amide bonds. The maximum atomic E-state index is 5.68. The molecule has 4 fully saturated rings. The zero-order chi connectivity index (χ0) is 13.0. The third-order valence-corrected chi connectivity index (χ3v) is 5.91. The molecule has 0 unspecified atom stereocenters. The van der Waals surface area contributed by atoms with E-state index < -0.39 is 0 Å². The van der Waals surface area contributed by atoms with Crippen molar-refractivity contribution in [3.63, 3.8) is 0 Å². The Morgan fingerprint density at radius 1 is 1.21 bits per heavy atom. The van der Waals surface area contributed by atoms with Crippen molar-refractivity contribution >= 4 is 0 Å². The molecule has 4 aliphatic carbocycles. The summed E-state index contributed by atoms with van der Waals surface area (Å²) in [7, 11) is 2.13.